The maximum Gasteiger partial charge on any atom is 0.0991 e. The number of nitriles is 1. The highest BCUT2D eigenvalue weighted by atomic mass is 15.3. The summed E-state index contributed by atoms with van der Waals surface area (Å²) in [7, 11) is 2.24. The molecular formula is C37H48N6. The summed E-state index contributed by atoms with van der Waals surface area (Å²) in [6, 6.07) is 16.7. The Bertz CT molecular complexity index is 1400. The Morgan fingerprint density at radius 3 is 2.37 bits per heavy atom. The monoisotopic (exact) mass is 576 g/mol. The van der Waals surface area contributed by atoms with Gasteiger partial charge in [0.05, 0.1) is 30.1 Å². The van der Waals surface area contributed by atoms with E-state index in [0.717, 1.165) is 70.8 Å². The third-order valence-corrected chi connectivity index (χ3v) is 8.74. The predicted octanol–water partition coefficient (Wildman–Crippen LogP) is 7.20. The second kappa shape index (κ2) is 15.5. The van der Waals surface area contributed by atoms with E-state index in [4.69, 9.17) is 5.26 Å². The lowest BCUT2D eigenvalue weighted by Crippen LogP contribution is -2.46. The summed E-state index contributed by atoms with van der Waals surface area (Å²) in [6.07, 6.45) is 9.34. The molecule has 0 amide bonds. The Balaban J connectivity index is 0.000000324. The fourth-order valence-electron chi connectivity index (χ4n) is 6.16. The lowest BCUT2D eigenvalue weighted by atomic mass is 9.89. The zero-order valence-electron chi connectivity index (χ0n) is 26.6. The summed E-state index contributed by atoms with van der Waals surface area (Å²) in [5, 5.41) is 11.4. The molecule has 0 bridgehead atoms. The largest absolute Gasteiger partial charge is 0.362 e. The van der Waals surface area contributed by atoms with Gasteiger partial charge in [-0.15, -0.1) is 6.58 Å². The summed E-state index contributed by atoms with van der Waals surface area (Å²) < 4.78 is 0. The average Bonchev–Trinajstić information content (AvgIpc) is 3.39. The quantitative estimate of drug-likeness (QED) is 0.320. The summed E-state index contributed by atoms with van der Waals surface area (Å²) >= 11 is 0. The van der Waals surface area contributed by atoms with Crippen molar-refractivity contribution in [2.75, 3.05) is 58.2 Å². The number of nitrogens with one attached hydrogen (secondary N) is 1. The van der Waals surface area contributed by atoms with Gasteiger partial charge in [-0.25, -0.2) is 0 Å². The van der Waals surface area contributed by atoms with Crippen LogP contribution in [0.15, 0.2) is 90.1 Å². The number of allylic oxidation sites excluding steroid dienone is 3. The molecule has 0 radical (unpaired) electrons. The number of hydrogen-bond donors (Lipinski definition) is 1. The normalized spacial score (nSPS) is 18.9. The summed E-state index contributed by atoms with van der Waals surface area (Å²) in [5.74, 6) is 1.19. The van der Waals surface area contributed by atoms with E-state index in [1.165, 1.54) is 39.2 Å². The molecule has 2 aromatic carbocycles. The number of likely N-dealkylation sites (N-methyl/N-ethyl adjacent to an activating group) is 1. The fraction of sp³-hybridized carbons (Fsp3) is 0.405. The summed E-state index contributed by atoms with van der Waals surface area (Å²) in [6.45, 7) is 21.8. The lowest BCUT2D eigenvalue weighted by molar-refractivity contribution is 0.125. The molecule has 0 saturated carbocycles. The number of rotatable bonds is 9. The molecular weight excluding hydrogens is 528 g/mol. The van der Waals surface area contributed by atoms with Crippen LogP contribution in [0.1, 0.15) is 61.4 Å². The zero-order valence-corrected chi connectivity index (χ0v) is 26.6. The van der Waals surface area contributed by atoms with Gasteiger partial charge in [-0.2, -0.15) is 5.26 Å². The molecule has 1 saturated heterocycles. The van der Waals surface area contributed by atoms with Crippen LogP contribution in [0.3, 0.4) is 0 Å². The summed E-state index contributed by atoms with van der Waals surface area (Å²) in [4.78, 5) is 12.2. The molecule has 2 aliphatic heterocycles. The van der Waals surface area contributed by atoms with Crippen molar-refractivity contribution in [1.82, 2.24) is 14.7 Å². The van der Waals surface area contributed by atoms with Gasteiger partial charge in [0.25, 0.3) is 0 Å². The first-order valence-corrected chi connectivity index (χ1v) is 15.5. The average molecular weight is 577 g/mol. The Hall–Kier alpha value is -3.92. The highest BCUT2D eigenvalue weighted by Crippen LogP contribution is 2.41. The molecule has 1 N–H and O–H groups in total. The maximum atomic E-state index is 8.47. The van der Waals surface area contributed by atoms with Gasteiger partial charge in [0.15, 0.2) is 0 Å². The van der Waals surface area contributed by atoms with Gasteiger partial charge < -0.3 is 15.1 Å². The van der Waals surface area contributed by atoms with Crippen molar-refractivity contribution < 1.29 is 0 Å². The highest BCUT2D eigenvalue weighted by molar-refractivity contribution is 5.81. The number of nitrogens with zero attached hydrogens (tertiary/aromatic N) is 5. The fourth-order valence-corrected chi connectivity index (χ4v) is 6.16. The van der Waals surface area contributed by atoms with Crippen LogP contribution in [0, 0.1) is 18.3 Å². The lowest BCUT2D eigenvalue weighted by Gasteiger charge is -2.39. The number of piperazine rings is 1. The highest BCUT2D eigenvalue weighted by Gasteiger charge is 2.31. The van der Waals surface area contributed by atoms with Crippen molar-refractivity contribution in [3.05, 3.63) is 107 Å². The van der Waals surface area contributed by atoms with Crippen LogP contribution in [-0.4, -0.2) is 73.4 Å². The Kier molecular flexibility index (Phi) is 11.6. The molecule has 1 aliphatic carbocycles. The van der Waals surface area contributed by atoms with Crippen molar-refractivity contribution in [2.45, 2.75) is 46.1 Å². The molecule has 2 aromatic rings. The van der Waals surface area contributed by atoms with E-state index in [0.29, 0.717) is 11.6 Å². The number of aryl methyl sites for hydroxylation is 1. The van der Waals surface area contributed by atoms with Crippen LogP contribution in [0.5, 0.6) is 0 Å². The topological polar surface area (TPSA) is 57.9 Å². The van der Waals surface area contributed by atoms with E-state index in [-0.39, 0.29) is 0 Å². The van der Waals surface area contributed by atoms with Crippen molar-refractivity contribution in [3.8, 4) is 6.07 Å². The first-order chi connectivity index (χ1) is 20.8. The smallest absolute Gasteiger partial charge is 0.0991 e. The van der Waals surface area contributed by atoms with Crippen molar-refractivity contribution in [2.24, 2.45) is 4.99 Å². The molecule has 2 heterocycles. The van der Waals surface area contributed by atoms with Crippen LogP contribution >= 0.6 is 0 Å². The molecule has 0 spiro atoms. The maximum absolute atomic E-state index is 8.47. The molecule has 6 nitrogen and oxygen atoms in total. The van der Waals surface area contributed by atoms with Crippen LogP contribution in [0.25, 0.3) is 5.57 Å². The van der Waals surface area contributed by atoms with Gasteiger partial charge in [0.1, 0.15) is 0 Å². The van der Waals surface area contributed by atoms with E-state index < -0.39 is 0 Å². The zero-order chi connectivity index (χ0) is 30.8. The van der Waals surface area contributed by atoms with Gasteiger partial charge in [0.2, 0.25) is 0 Å². The minimum absolute atomic E-state index is 0.364. The van der Waals surface area contributed by atoms with Gasteiger partial charge in [-0.1, -0.05) is 42.5 Å². The van der Waals surface area contributed by atoms with Gasteiger partial charge >= 0.3 is 0 Å². The molecule has 1 unspecified atom stereocenters. The van der Waals surface area contributed by atoms with Crippen LogP contribution < -0.4 is 5.32 Å². The van der Waals surface area contributed by atoms with E-state index in [1.807, 2.05) is 18.2 Å². The molecule has 43 heavy (non-hydrogen) atoms. The van der Waals surface area contributed by atoms with Gasteiger partial charge in [0, 0.05) is 45.0 Å². The molecule has 6 heteroatoms. The number of benzene rings is 2. The third kappa shape index (κ3) is 8.34. The number of aliphatic imine (C=N–C) groups is 1. The molecule has 226 valence electrons. The summed E-state index contributed by atoms with van der Waals surface area (Å²) in [5.41, 5.74) is 10.4. The van der Waals surface area contributed by atoms with Crippen molar-refractivity contribution in [3.63, 3.8) is 0 Å². The van der Waals surface area contributed by atoms with Crippen LogP contribution in [0.4, 0.5) is 5.69 Å². The Labute approximate surface area is 259 Å². The number of fused-ring (bicyclic) bond motifs is 1. The van der Waals surface area contributed by atoms with E-state index in [2.05, 4.69) is 96.3 Å². The first kappa shape index (κ1) is 32.0. The number of hydrogen-bond acceptors (Lipinski definition) is 6. The van der Waals surface area contributed by atoms with E-state index in [9.17, 15) is 0 Å². The predicted molar refractivity (Wildman–Crippen MR) is 182 cm³/mol. The van der Waals surface area contributed by atoms with Gasteiger partial charge in [-0.05, 0) is 105 Å². The Morgan fingerprint density at radius 1 is 1.00 bits per heavy atom. The second-order valence-corrected chi connectivity index (χ2v) is 11.7. The van der Waals surface area contributed by atoms with Crippen LogP contribution in [0.2, 0.25) is 0 Å². The first-order valence-electron chi connectivity index (χ1n) is 15.5. The molecule has 1 fully saturated rings. The van der Waals surface area contributed by atoms with Crippen molar-refractivity contribution >= 4 is 17.1 Å². The molecule has 0 aromatic heterocycles. The van der Waals surface area contributed by atoms with Gasteiger partial charge in [-0.3, -0.25) is 9.89 Å². The van der Waals surface area contributed by atoms with Crippen LogP contribution in [-0.2, 0) is 0 Å². The molecule has 1 atom stereocenters. The van der Waals surface area contributed by atoms with E-state index >= 15 is 0 Å². The van der Waals surface area contributed by atoms with Crippen molar-refractivity contribution in [1.29, 1.82) is 5.26 Å². The standard InChI is InChI=1S/C28H40N4.C9H8N2/c1-6-7-8-24-20-25(11-13-31-14-12-29-23(31)4)27-19-21(2)9-10-26(27)28(22(24)3)32-17-15-30(5)16-18-32;1-2-11-9-5-3-8(7-10)4-6-9/h6,9-10,19-20,28H,1,7-8,11-18H2,2-5H3;2-6,11H,1H2. The number of amidine groups is 1. The second-order valence-electron chi connectivity index (χ2n) is 11.7. The minimum atomic E-state index is 0.364. The molecule has 5 rings (SSSR count). The minimum Gasteiger partial charge on any atom is -0.362 e. The third-order valence-electron chi connectivity index (χ3n) is 8.74. The number of anilines is 1. The van der Waals surface area contributed by atoms with E-state index in [1.54, 1.807) is 18.3 Å². The SMILES string of the molecule is C=CCCC1=C(C)C(N2CCN(C)CC2)c2ccc(C)cc2C(CCN2CCN=C2C)=C1.C=CNc1ccc(C#N)cc1. The molecule has 3 aliphatic rings. The Morgan fingerprint density at radius 2 is 1.74 bits per heavy atom.